The van der Waals surface area contributed by atoms with Crippen LogP contribution in [0.2, 0.25) is 0 Å². The second-order valence-electron chi connectivity index (χ2n) is 4.44. The smallest absolute Gasteiger partial charge is 0.0446 e. The molecule has 3 nitrogen and oxygen atoms in total. The van der Waals surface area contributed by atoms with Crippen LogP contribution in [0.5, 0.6) is 0 Å². The Morgan fingerprint density at radius 1 is 1.47 bits per heavy atom. The molecule has 1 atom stereocenters. The standard InChI is InChI=1S/C13H19BrN2O/c14-11-3-1-4-13(9-11)16-7-2-6-15-12(10-16)5-8-17/h1,3-4,9,12,15,17H,2,5-8,10H2. The Labute approximate surface area is 111 Å². The van der Waals surface area contributed by atoms with E-state index in [1.807, 2.05) is 6.07 Å². The van der Waals surface area contributed by atoms with Crippen LogP contribution in [0.15, 0.2) is 28.7 Å². The van der Waals surface area contributed by atoms with Gasteiger partial charge in [0.15, 0.2) is 0 Å². The predicted molar refractivity (Wildman–Crippen MR) is 74.5 cm³/mol. The number of aliphatic hydroxyl groups excluding tert-OH is 1. The number of hydrogen-bond donors (Lipinski definition) is 2. The van der Waals surface area contributed by atoms with E-state index >= 15 is 0 Å². The Bertz CT molecular complexity index is 359. The number of nitrogens with one attached hydrogen (secondary N) is 1. The average Bonchev–Trinajstić information content (AvgIpc) is 2.55. The Balaban J connectivity index is 2.08. The lowest BCUT2D eigenvalue weighted by Crippen LogP contribution is -2.38. The van der Waals surface area contributed by atoms with Crippen molar-refractivity contribution < 1.29 is 5.11 Å². The normalized spacial score (nSPS) is 21.3. The SMILES string of the molecule is OCCC1CN(c2cccc(Br)c2)CCCN1. The molecule has 94 valence electrons. The van der Waals surface area contributed by atoms with E-state index < -0.39 is 0 Å². The van der Waals surface area contributed by atoms with E-state index in [4.69, 9.17) is 5.11 Å². The molecular formula is C13H19BrN2O. The van der Waals surface area contributed by atoms with E-state index in [1.165, 1.54) is 5.69 Å². The van der Waals surface area contributed by atoms with Crippen molar-refractivity contribution in [2.45, 2.75) is 18.9 Å². The summed E-state index contributed by atoms with van der Waals surface area (Å²) in [5, 5.41) is 12.5. The molecule has 1 aliphatic heterocycles. The van der Waals surface area contributed by atoms with Gasteiger partial charge in [0.05, 0.1) is 0 Å². The van der Waals surface area contributed by atoms with E-state index in [1.54, 1.807) is 0 Å². The van der Waals surface area contributed by atoms with Crippen molar-refractivity contribution in [1.29, 1.82) is 0 Å². The van der Waals surface area contributed by atoms with Crippen LogP contribution in [0, 0.1) is 0 Å². The fraction of sp³-hybridized carbons (Fsp3) is 0.538. The summed E-state index contributed by atoms with van der Waals surface area (Å²) in [5.41, 5.74) is 1.26. The van der Waals surface area contributed by atoms with E-state index in [-0.39, 0.29) is 6.61 Å². The molecular weight excluding hydrogens is 280 g/mol. The summed E-state index contributed by atoms with van der Waals surface area (Å²) in [6.07, 6.45) is 1.97. The second kappa shape index (κ2) is 6.38. The minimum atomic E-state index is 0.254. The van der Waals surface area contributed by atoms with E-state index in [9.17, 15) is 0 Å². The molecule has 0 saturated carbocycles. The van der Waals surface area contributed by atoms with Crippen LogP contribution < -0.4 is 10.2 Å². The molecule has 0 aromatic heterocycles. The number of halogens is 1. The summed E-state index contributed by atoms with van der Waals surface area (Å²) in [6, 6.07) is 8.80. The largest absolute Gasteiger partial charge is 0.396 e. The van der Waals surface area contributed by atoms with Crippen LogP contribution >= 0.6 is 15.9 Å². The van der Waals surface area contributed by atoms with Gasteiger partial charge in [-0.15, -0.1) is 0 Å². The zero-order chi connectivity index (χ0) is 12.1. The molecule has 0 radical (unpaired) electrons. The minimum absolute atomic E-state index is 0.254. The molecule has 1 aromatic rings. The van der Waals surface area contributed by atoms with Crippen molar-refractivity contribution in [2.24, 2.45) is 0 Å². The van der Waals surface area contributed by atoms with Crippen molar-refractivity contribution in [2.75, 3.05) is 31.1 Å². The molecule has 0 amide bonds. The van der Waals surface area contributed by atoms with Gasteiger partial charge in [-0.3, -0.25) is 0 Å². The number of rotatable bonds is 3. The van der Waals surface area contributed by atoms with Crippen LogP contribution in [0.1, 0.15) is 12.8 Å². The molecule has 4 heteroatoms. The number of benzene rings is 1. The second-order valence-corrected chi connectivity index (χ2v) is 5.36. The maximum absolute atomic E-state index is 9.05. The van der Waals surface area contributed by atoms with Gasteiger partial charge in [0, 0.05) is 35.9 Å². The third-order valence-electron chi connectivity index (χ3n) is 3.13. The van der Waals surface area contributed by atoms with Crippen LogP contribution in [-0.4, -0.2) is 37.4 Å². The highest BCUT2D eigenvalue weighted by atomic mass is 79.9. The molecule has 0 aliphatic carbocycles. The summed E-state index contributed by atoms with van der Waals surface area (Å²) in [6.45, 7) is 3.33. The lowest BCUT2D eigenvalue weighted by atomic mass is 10.2. The molecule has 0 spiro atoms. The maximum Gasteiger partial charge on any atom is 0.0446 e. The van der Waals surface area contributed by atoms with Crippen LogP contribution in [0.3, 0.4) is 0 Å². The molecule has 2 rings (SSSR count). The van der Waals surface area contributed by atoms with Crippen molar-refractivity contribution >= 4 is 21.6 Å². The predicted octanol–water partition coefficient (Wildman–Crippen LogP) is 2.00. The van der Waals surface area contributed by atoms with Crippen molar-refractivity contribution in [3.05, 3.63) is 28.7 Å². The Hall–Kier alpha value is -0.580. The topological polar surface area (TPSA) is 35.5 Å². The van der Waals surface area contributed by atoms with Gasteiger partial charge in [-0.05, 0) is 37.6 Å². The molecule has 1 aliphatic rings. The third-order valence-corrected chi connectivity index (χ3v) is 3.62. The first-order chi connectivity index (χ1) is 8.29. The fourth-order valence-corrected chi connectivity index (χ4v) is 2.64. The van der Waals surface area contributed by atoms with Crippen molar-refractivity contribution in [3.63, 3.8) is 0 Å². The van der Waals surface area contributed by atoms with Gasteiger partial charge in [-0.1, -0.05) is 22.0 Å². The molecule has 1 unspecified atom stereocenters. The maximum atomic E-state index is 9.05. The van der Waals surface area contributed by atoms with Crippen molar-refractivity contribution in [1.82, 2.24) is 5.32 Å². The van der Waals surface area contributed by atoms with E-state index in [2.05, 4.69) is 44.3 Å². The van der Waals surface area contributed by atoms with Crippen LogP contribution in [0.4, 0.5) is 5.69 Å². The highest BCUT2D eigenvalue weighted by molar-refractivity contribution is 9.10. The zero-order valence-electron chi connectivity index (χ0n) is 9.90. The van der Waals surface area contributed by atoms with Gasteiger partial charge in [-0.2, -0.15) is 0 Å². The Morgan fingerprint density at radius 3 is 3.12 bits per heavy atom. The monoisotopic (exact) mass is 298 g/mol. The molecule has 17 heavy (non-hydrogen) atoms. The molecule has 0 bridgehead atoms. The highest BCUT2D eigenvalue weighted by Crippen LogP contribution is 2.21. The minimum Gasteiger partial charge on any atom is -0.396 e. The Kier molecular flexibility index (Phi) is 4.83. The van der Waals surface area contributed by atoms with Gasteiger partial charge < -0.3 is 15.3 Å². The van der Waals surface area contributed by atoms with Gasteiger partial charge in [0.2, 0.25) is 0 Å². The number of nitrogens with zero attached hydrogens (tertiary/aromatic N) is 1. The van der Waals surface area contributed by atoms with Gasteiger partial charge in [0.1, 0.15) is 0 Å². The summed E-state index contributed by atoms with van der Waals surface area (Å²) < 4.78 is 1.12. The fourth-order valence-electron chi connectivity index (χ4n) is 2.25. The number of aliphatic hydroxyl groups is 1. The van der Waals surface area contributed by atoms with E-state index in [0.717, 1.165) is 36.9 Å². The molecule has 1 saturated heterocycles. The van der Waals surface area contributed by atoms with Crippen LogP contribution in [0.25, 0.3) is 0 Å². The summed E-state index contributed by atoms with van der Waals surface area (Å²) in [4.78, 5) is 2.39. The van der Waals surface area contributed by atoms with Crippen molar-refractivity contribution in [3.8, 4) is 0 Å². The number of anilines is 1. The molecule has 2 N–H and O–H groups in total. The number of hydrogen-bond acceptors (Lipinski definition) is 3. The quantitative estimate of drug-likeness (QED) is 0.896. The van der Waals surface area contributed by atoms with Crippen LogP contribution in [-0.2, 0) is 0 Å². The Morgan fingerprint density at radius 2 is 2.35 bits per heavy atom. The van der Waals surface area contributed by atoms with Gasteiger partial charge in [-0.25, -0.2) is 0 Å². The van der Waals surface area contributed by atoms with Gasteiger partial charge in [0.25, 0.3) is 0 Å². The molecule has 1 aromatic carbocycles. The first kappa shape index (κ1) is 12.9. The molecule has 1 fully saturated rings. The van der Waals surface area contributed by atoms with E-state index in [0.29, 0.717) is 6.04 Å². The summed E-state index contributed by atoms with van der Waals surface area (Å²) in [7, 11) is 0. The summed E-state index contributed by atoms with van der Waals surface area (Å²) >= 11 is 3.51. The first-order valence-electron chi connectivity index (χ1n) is 6.14. The lowest BCUT2D eigenvalue weighted by molar-refractivity contribution is 0.267. The third kappa shape index (κ3) is 3.69. The first-order valence-corrected chi connectivity index (χ1v) is 6.93. The lowest BCUT2D eigenvalue weighted by Gasteiger charge is -2.26. The molecule has 1 heterocycles. The highest BCUT2D eigenvalue weighted by Gasteiger charge is 2.17. The summed E-state index contributed by atoms with van der Waals surface area (Å²) in [5.74, 6) is 0. The van der Waals surface area contributed by atoms with Gasteiger partial charge >= 0.3 is 0 Å². The average molecular weight is 299 g/mol. The zero-order valence-corrected chi connectivity index (χ0v) is 11.5.